The van der Waals surface area contributed by atoms with E-state index in [1.807, 2.05) is 18.2 Å². The van der Waals surface area contributed by atoms with E-state index in [0.717, 1.165) is 23.9 Å². The summed E-state index contributed by atoms with van der Waals surface area (Å²) in [6.07, 6.45) is 6.65. The fourth-order valence-electron chi connectivity index (χ4n) is 3.06. The lowest BCUT2D eigenvalue weighted by Crippen LogP contribution is -2.26. The van der Waals surface area contributed by atoms with Gasteiger partial charge in [0.25, 0.3) is 0 Å². The van der Waals surface area contributed by atoms with Gasteiger partial charge in [0.2, 0.25) is 0 Å². The molecule has 1 aliphatic heterocycles. The van der Waals surface area contributed by atoms with E-state index in [1.54, 1.807) is 0 Å². The normalized spacial score (nSPS) is 17.4. The highest BCUT2D eigenvalue weighted by molar-refractivity contribution is 6.34. The van der Waals surface area contributed by atoms with Crippen LogP contribution in [-0.2, 0) is 6.54 Å². The first-order valence-corrected chi connectivity index (χ1v) is 8.06. The van der Waals surface area contributed by atoms with Crippen molar-refractivity contribution in [2.24, 2.45) is 0 Å². The minimum absolute atomic E-state index is 0.621. The number of aromatic nitrogens is 2. The number of nitrogens with zero attached hydrogens (tertiary/aromatic N) is 3. The van der Waals surface area contributed by atoms with E-state index in [2.05, 4.69) is 20.7 Å². The lowest BCUT2D eigenvalue weighted by Gasteiger charge is -2.19. The van der Waals surface area contributed by atoms with Crippen LogP contribution in [0.5, 0.6) is 0 Å². The Bertz CT molecular complexity index is 556. The second-order valence-electron chi connectivity index (χ2n) is 5.64. The molecule has 0 unspecified atom stereocenters. The van der Waals surface area contributed by atoms with E-state index >= 15 is 0 Å². The average molecular weight is 292 g/mol. The maximum Gasteiger partial charge on any atom is 0.158 e. The third-order valence-electron chi connectivity index (χ3n) is 4.16. The van der Waals surface area contributed by atoms with Crippen molar-refractivity contribution in [3.05, 3.63) is 29.4 Å². The first-order valence-electron chi connectivity index (χ1n) is 7.68. The van der Waals surface area contributed by atoms with Gasteiger partial charge >= 0.3 is 0 Å². The van der Waals surface area contributed by atoms with Crippen LogP contribution in [0.15, 0.2) is 24.3 Å². The molecular weight excluding hydrogens is 270 g/mol. The van der Waals surface area contributed by atoms with Crippen LogP contribution >= 0.6 is 11.6 Å². The third kappa shape index (κ3) is 3.15. The fraction of sp³-hybridized carbons (Fsp3) is 0.562. The fourth-order valence-corrected chi connectivity index (χ4v) is 3.31. The lowest BCUT2D eigenvalue weighted by atomic mass is 10.2. The second kappa shape index (κ2) is 6.59. The smallest absolute Gasteiger partial charge is 0.158 e. The Hall–Kier alpha value is -1.06. The molecule has 0 atom stereocenters. The van der Waals surface area contributed by atoms with Crippen LogP contribution in [0.3, 0.4) is 0 Å². The number of fused-ring (bicyclic) bond motifs is 1. The van der Waals surface area contributed by atoms with Crippen molar-refractivity contribution in [2.75, 3.05) is 19.6 Å². The van der Waals surface area contributed by atoms with Crippen LogP contribution in [0.1, 0.15) is 32.1 Å². The molecule has 0 radical (unpaired) electrons. The number of halogens is 1. The zero-order chi connectivity index (χ0) is 13.8. The predicted molar refractivity (Wildman–Crippen MR) is 84.3 cm³/mol. The van der Waals surface area contributed by atoms with Crippen molar-refractivity contribution < 1.29 is 0 Å². The van der Waals surface area contributed by atoms with E-state index in [9.17, 15) is 0 Å². The van der Waals surface area contributed by atoms with Gasteiger partial charge in [-0.2, -0.15) is 5.10 Å². The van der Waals surface area contributed by atoms with Gasteiger partial charge in [-0.15, -0.1) is 0 Å². The van der Waals surface area contributed by atoms with E-state index in [-0.39, 0.29) is 0 Å². The van der Waals surface area contributed by atoms with Gasteiger partial charge in [0.05, 0.1) is 5.52 Å². The van der Waals surface area contributed by atoms with Crippen molar-refractivity contribution >= 4 is 22.5 Å². The predicted octanol–water partition coefficient (Wildman–Crippen LogP) is 3.96. The number of aryl methyl sites for hydroxylation is 1. The summed E-state index contributed by atoms with van der Waals surface area (Å²) in [7, 11) is 0. The summed E-state index contributed by atoms with van der Waals surface area (Å²) < 4.78 is 2.05. The molecule has 0 aliphatic carbocycles. The number of rotatable bonds is 4. The van der Waals surface area contributed by atoms with Crippen molar-refractivity contribution in [2.45, 2.75) is 38.6 Å². The summed E-state index contributed by atoms with van der Waals surface area (Å²) in [6, 6.07) is 8.19. The molecule has 1 aliphatic rings. The monoisotopic (exact) mass is 291 g/mol. The highest BCUT2D eigenvalue weighted by Crippen LogP contribution is 2.22. The largest absolute Gasteiger partial charge is 0.303 e. The number of para-hydroxylation sites is 1. The highest BCUT2D eigenvalue weighted by Gasteiger charge is 2.10. The quantitative estimate of drug-likeness (QED) is 0.850. The molecule has 3 rings (SSSR count). The molecule has 0 saturated carbocycles. The van der Waals surface area contributed by atoms with Gasteiger partial charge < -0.3 is 4.90 Å². The van der Waals surface area contributed by atoms with Crippen LogP contribution in [0.25, 0.3) is 10.9 Å². The SMILES string of the molecule is Clc1nn(CCCN2CCCCCC2)c2ccccc12. The molecular formula is C16H22ClN3. The first kappa shape index (κ1) is 13.9. The van der Waals surface area contributed by atoms with Gasteiger partial charge in [-0.25, -0.2) is 0 Å². The van der Waals surface area contributed by atoms with E-state index in [1.165, 1.54) is 45.3 Å². The Morgan fingerprint density at radius 2 is 1.75 bits per heavy atom. The van der Waals surface area contributed by atoms with Crippen LogP contribution in [0.2, 0.25) is 5.15 Å². The topological polar surface area (TPSA) is 21.1 Å². The van der Waals surface area contributed by atoms with Gasteiger partial charge in [-0.3, -0.25) is 4.68 Å². The minimum atomic E-state index is 0.621. The van der Waals surface area contributed by atoms with Crippen LogP contribution < -0.4 is 0 Å². The molecule has 1 aromatic carbocycles. The van der Waals surface area contributed by atoms with Crippen molar-refractivity contribution in [1.29, 1.82) is 0 Å². The maximum atomic E-state index is 6.18. The number of hydrogen-bond donors (Lipinski definition) is 0. The Labute approximate surface area is 125 Å². The van der Waals surface area contributed by atoms with E-state index in [0.29, 0.717) is 5.15 Å². The third-order valence-corrected chi connectivity index (χ3v) is 4.44. The lowest BCUT2D eigenvalue weighted by molar-refractivity contribution is 0.274. The Morgan fingerprint density at radius 3 is 2.55 bits per heavy atom. The molecule has 1 saturated heterocycles. The highest BCUT2D eigenvalue weighted by atomic mass is 35.5. The standard InChI is InChI=1S/C16H22ClN3/c17-16-14-8-3-4-9-15(14)20(18-16)13-7-12-19-10-5-1-2-6-11-19/h3-4,8-9H,1-2,5-7,10-13H2. The van der Waals surface area contributed by atoms with Crippen molar-refractivity contribution in [3.8, 4) is 0 Å². The Kier molecular flexibility index (Phi) is 4.58. The molecule has 1 fully saturated rings. The molecule has 0 amide bonds. The van der Waals surface area contributed by atoms with Gasteiger partial charge in [0, 0.05) is 11.9 Å². The summed E-state index contributed by atoms with van der Waals surface area (Å²) in [6.45, 7) is 4.65. The molecule has 1 aromatic heterocycles. The second-order valence-corrected chi connectivity index (χ2v) is 6.00. The number of likely N-dealkylation sites (tertiary alicyclic amines) is 1. The molecule has 2 aromatic rings. The van der Waals surface area contributed by atoms with Crippen molar-refractivity contribution in [3.63, 3.8) is 0 Å². The first-order chi connectivity index (χ1) is 9.84. The molecule has 0 spiro atoms. The van der Waals surface area contributed by atoms with Gasteiger partial charge in [-0.1, -0.05) is 36.6 Å². The van der Waals surface area contributed by atoms with Gasteiger partial charge in [0.1, 0.15) is 0 Å². The number of hydrogen-bond acceptors (Lipinski definition) is 2. The van der Waals surface area contributed by atoms with Gasteiger partial charge in [-0.05, 0) is 51.0 Å². The Morgan fingerprint density at radius 1 is 1.00 bits per heavy atom. The molecule has 108 valence electrons. The maximum absolute atomic E-state index is 6.18. The van der Waals surface area contributed by atoms with Gasteiger partial charge in [0.15, 0.2) is 5.15 Å². The van der Waals surface area contributed by atoms with Crippen LogP contribution in [0.4, 0.5) is 0 Å². The molecule has 0 bridgehead atoms. The van der Waals surface area contributed by atoms with E-state index < -0.39 is 0 Å². The van der Waals surface area contributed by atoms with E-state index in [4.69, 9.17) is 11.6 Å². The molecule has 3 nitrogen and oxygen atoms in total. The average Bonchev–Trinajstić information content (AvgIpc) is 2.66. The number of benzene rings is 1. The summed E-state index contributed by atoms with van der Waals surface area (Å²) in [5.41, 5.74) is 1.15. The zero-order valence-electron chi connectivity index (χ0n) is 11.9. The summed E-state index contributed by atoms with van der Waals surface area (Å²) in [5.74, 6) is 0. The molecule has 4 heteroatoms. The summed E-state index contributed by atoms with van der Waals surface area (Å²) in [5, 5.41) is 6.13. The molecule has 2 heterocycles. The zero-order valence-corrected chi connectivity index (χ0v) is 12.6. The summed E-state index contributed by atoms with van der Waals surface area (Å²) >= 11 is 6.18. The minimum Gasteiger partial charge on any atom is -0.303 e. The van der Waals surface area contributed by atoms with Crippen LogP contribution in [0, 0.1) is 0 Å². The molecule has 0 N–H and O–H groups in total. The van der Waals surface area contributed by atoms with Crippen LogP contribution in [-0.4, -0.2) is 34.3 Å². The van der Waals surface area contributed by atoms with Crippen molar-refractivity contribution in [1.82, 2.24) is 14.7 Å². The Balaban J connectivity index is 1.59. The molecule has 20 heavy (non-hydrogen) atoms. The summed E-state index contributed by atoms with van der Waals surface area (Å²) in [4.78, 5) is 2.60.